The molecule has 0 atom stereocenters. The number of benzene rings is 1. The van der Waals surface area contributed by atoms with Crippen LogP contribution in [0.25, 0.3) is 0 Å². The molecule has 0 fully saturated rings. The van der Waals surface area contributed by atoms with Gasteiger partial charge >= 0.3 is 0 Å². The number of likely N-dealkylation sites (N-methyl/N-ethyl adjacent to an activating group) is 1. The molecule has 0 saturated heterocycles. The predicted octanol–water partition coefficient (Wildman–Crippen LogP) is 0.880. The standard InChI is InChI=1S/C14H20ClN3O2S/c1-3-18(2)10-9-17-21(19,20)14-7-6-12(5-4-8-16)11-13(14)15/h6-7,11,17H,3,8-10,16H2,1-2H3. The summed E-state index contributed by atoms with van der Waals surface area (Å²) in [5.74, 6) is 5.50. The Hall–Kier alpha value is -1.10. The van der Waals surface area contributed by atoms with Crippen molar-refractivity contribution >= 4 is 21.6 Å². The molecule has 1 aromatic rings. The number of hydrogen-bond acceptors (Lipinski definition) is 4. The molecule has 0 bridgehead atoms. The lowest BCUT2D eigenvalue weighted by Gasteiger charge is -2.14. The Kier molecular flexibility index (Phi) is 7.15. The van der Waals surface area contributed by atoms with Crippen molar-refractivity contribution in [3.05, 3.63) is 28.8 Å². The molecule has 0 spiro atoms. The molecular formula is C14H20ClN3O2S. The Morgan fingerprint density at radius 1 is 1.43 bits per heavy atom. The molecule has 5 nitrogen and oxygen atoms in total. The number of nitrogens with one attached hydrogen (secondary N) is 1. The minimum absolute atomic E-state index is 0.0571. The summed E-state index contributed by atoms with van der Waals surface area (Å²) in [5.41, 5.74) is 5.92. The van der Waals surface area contributed by atoms with Crippen LogP contribution in [-0.4, -0.2) is 46.5 Å². The van der Waals surface area contributed by atoms with Crippen LogP contribution in [0.2, 0.25) is 5.02 Å². The zero-order valence-corrected chi connectivity index (χ0v) is 13.8. The summed E-state index contributed by atoms with van der Waals surface area (Å²) in [6.45, 7) is 4.07. The van der Waals surface area contributed by atoms with E-state index in [2.05, 4.69) is 16.6 Å². The van der Waals surface area contributed by atoms with Crippen LogP contribution in [-0.2, 0) is 10.0 Å². The van der Waals surface area contributed by atoms with E-state index in [1.165, 1.54) is 12.1 Å². The molecule has 0 saturated carbocycles. The lowest BCUT2D eigenvalue weighted by molar-refractivity contribution is 0.358. The van der Waals surface area contributed by atoms with Gasteiger partial charge in [-0.2, -0.15) is 0 Å². The highest BCUT2D eigenvalue weighted by atomic mass is 35.5. The fourth-order valence-corrected chi connectivity index (χ4v) is 3.12. The second-order valence-corrected chi connectivity index (χ2v) is 6.59. The SMILES string of the molecule is CCN(C)CCNS(=O)(=O)c1ccc(C#CCN)cc1Cl. The van der Waals surface area contributed by atoms with Gasteiger partial charge in [0.2, 0.25) is 10.0 Å². The summed E-state index contributed by atoms with van der Waals surface area (Å²) >= 11 is 6.03. The van der Waals surface area contributed by atoms with E-state index in [-0.39, 0.29) is 16.5 Å². The number of rotatable bonds is 6. The van der Waals surface area contributed by atoms with E-state index in [4.69, 9.17) is 17.3 Å². The second kappa shape index (κ2) is 8.37. The van der Waals surface area contributed by atoms with Gasteiger partial charge in [0, 0.05) is 18.7 Å². The van der Waals surface area contributed by atoms with Crippen molar-refractivity contribution in [1.29, 1.82) is 0 Å². The van der Waals surface area contributed by atoms with Crippen molar-refractivity contribution in [2.75, 3.05) is 33.2 Å². The highest BCUT2D eigenvalue weighted by Gasteiger charge is 2.17. The molecule has 0 aliphatic carbocycles. The van der Waals surface area contributed by atoms with Crippen LogP contribution in [0.15, 0.2) is 23.1 Å². The smallest absolute Gasteiger partial charge is 0.242 e. The number of nitrogens with zero attached hydrogens (tertiary/aromatic N) is 1. The Bertz CT molecular complexity index is 635. The molecular weight excluding hydrogens is 310 g/mol. The average molecular weight is 330 g/mol. The number of sulfonamides is 1. The van der Waals surface area contributed by atoms with Crippen LogP contribution >= 0.6 is 11.6 Å². The minimum Gasteiger partial charge on any atom is -0.320 e. The van der Waals surface area contributed by atoms with Crippen LogP contribution < -0.4 is 10.5 Å². The Morgan fingerprint density at radius 2 is 2.14 bits per heavy atom. The van der Waals surface area contributed by atoms with Gasteiger partial charge in [-0.05, 0) is 31.8 Å². The lowest BCUT2D eigenvalue weighted by Crippen LogP contribution is -2.33. The first-order valence-electron chi connectivity index (χ1n) is 6.57. The molecule has 116 valence electrons. The van der Waals surface area contributed by atoms with E-state index in [9.17, 15) is 8.42 Å². The van der Waals surface area contributed by atoms with E-state index in [1.54, 1.807) is 6.07 Å². The molecule has 7 heteroatoms. The van der Waals surface area contributed by atoms with Crippen molar-refractivity contribution in [1.82, 2.24) is 9.62 Å². The summed E-state index contributed by atoms with van der Waals surface area (Å²) < 4.78 is 26.9. The van der Waals surface area contributed by atoms with Gasteiger partial charge in [-0.3, -0.25) is 0 Å². The zero-order chi connectivity index (χ0) is 15.9. The highest BCUT2D eigenvalue weighted by Crippen LogP contribution is 2.22. The van der Waals surface area contributed by atoms with E-state index < -0.39 is 10.0 Å². The lowest BCUT2D eigenvalue weighted by atomic mass is 10.2. The Labute approximate surface area is 131 Å². The van der Waals surface area contributed by atoms with Gasteiger partial charge in [0.25, 0.3) is 0 Å². The van der Waals surface area contributed by atoms with Crippen molar-refractivity contribution in [3.63, 3.8) is 0 Å². The van der Waals surface area contributed by atoms with Gasteiger partial charge in [0.1, 0.15) is 4.90 Å². The first kappa shape index (κ1) is 18.0. The third kappa shape index (κ3) is 5.65. The molecule has 0 radical (unpaired) electrons. The van der Waals surface area contributed by atoms with Gasteiger partial charge in [-0.1, -0.05) is 30.4 Å². The van der Waals surface area contributed by atoms with Crippen molar-refractivity contribution in [3.8, 4) is 11.8 Å². The molecule has 3 N–H and O–H groups in total. The summed E-state index contributed by atoms with van der Waals surface area (Å²) in [6, 6.07) is 4.59. The molecule has 21 heavy (non-hydrogen) atoms. The van der Waals surface area contributed by atoms with Crippen molar-refractivity contribution in [2.24, 2.45) is 5.73 Å². The molecule has 0 unspecified atom stereocenters. The average Bonchev–Trinajstić information content (AvgIpc) is 2.44. The highest BCUT2D eigenvalue weighted by molar-refractivity contribution is 7.89. The summed E-state index contributed by atoms with van der Waals surface area (Å²) in [4.78, 5) is 2.07. The fraction of sp³-hybridized carbons (Fsp3) is 0.429. The normalized spacial score (nSPS) is 11.3. The number of hydrogen-bond donors (Lipinski definition) is 2. The summed E-state index contributed by atoms with van der Waals surface area (Å²) in [5, 5.41) is 0.148. The van der Waals surface area contributed by atoms with Crippen LogP contribution in [0.5, 0.6) is 0 Å². The fourth-order valence-electron chi connectivity index (χ4n) is 1.56. The van der Waals surface area contributed by atoms with Crippen molar-refractivity contribution < 1.29 is 8.42 Å². The van der Waals surface area contributed by atoms with Crippen LogP contribution in [0.3, 0.4) is 0 Å². The Morgan fingerprint density at radius 3 is 2.71 bits per heavy atom. The monoisotopic (exact) mass is 329 g/mol. The van der Waals surface area contributed by atoms with Gasteiger partial charge in [-0.25, -0.2) is 13.1 Å². The summed E-state index contributed by atoms with van der Waals surface area (Å²) in [6.07, 6.45) is 0. The van der Waals surface area contributed by atoms with Gasteiger partial charge < -0.3 is 10.6 Å². The molecule has 0 aliphatic rings. The summed E-state index contributed by atoms with van der Waals surface area (Å²) in [7, 11) is -1.69. The maximum absolute atomic E-state index is 12.2. The zero-order valence-electron chi connectivity index (χ0n) is 12.2. The largest absolute Gasteiger partial charge is 0.320 e. The molecule has 1 rings (SSSR count). The third-order valence-corrected chi connectivity index (χ3v) is 4.83. The Balaban J connectivity index is 2.84. The molecule has 0 amide bonds. The van der Waals surface area contributed by atoms with Gasteiger partial charge in [0.05, 0.1) is 11.6 Å². The van der Waals surface area contributed by atoms with E-state index in [1.807, 2.05) is 18.9 Å². The number of halogens is 1. The van der Waals surface area contributed by atoms with Gasteiger partial charge in [0.15, 0.2) is 0 Å². The quantitative estimate of drug-likeness (QED) is 0.760. The van der Waals surface area contributed by atoms with Crippen molar-refractivity contribution in [2.45, 2.75) is 11.8 Å². The predicted molar refractivity (Wildman–Crippen MR) is 85.7 cm³/mol. The first-order chi connectivity index (χ1) is 9.90. The minimum atomic E-state index is -3.61. The second-order valence-electron chi connectivity index (χ2n) is 4.44. The van der Waals surface area contributed by atoms with Crippen LogP contribution in [0.1, 0.15) is 12.5 Å². The maximum atomic E-state index is 12.2. The molecule has 0 aliphatic heterocycles. The molecule has 0 heterocycles. The van der Waals surface area contributed by atoms with E-state index in [0.29, 0.717) is 18.7 Å². The van der Waals surface area contributed by atoms with Crippen LogP contribution in [0.4, 0.5) is 0 Å². The molecule has 1 aromatic carbocycles. The third-order valence-electron chi connectivity index (χ3n) is 2.88. The topological polar surface area (TPSA) is 75.4 Å². The van der Waals surface area contributed by atoms with Gasteiger partial charge in [-0.15, -0.1) is 0 Å². The number of nitrogens with two attached hydrogens (primary N) is 1. The van der Waals surface area contributed by atoms with Crippen LogP contribution in [0, 0.1) is 11.8 Å². The van der Waals surface area contributed by atoms with E-state index >= 15 is 0 Å². The first-order valence-corrected chi connectivity index (χ1v) is 8.43. The molecule has 0 aromatic heterocycles. The van der Waals surface area contributed by atoms with E-state index in [0.717, 1.165) is 6.54 Å². The maximum Gasteiger partial charge on any atom is 0.242 e.